The maximum absolute atomic E-state index is 10.8. The first kappa shape index (κ1) is 10.6. The monoisotopic (exact) mass is 232 g/mol. The van der Waals surface area contributed by atoms with Crippen molar-refractivity contribution in [3.8, 4) is 5.75 Å². The minimum absolute atomic E-state index is 0.0412. The van der Waals surface area contributed by atoms with Gasteiger partial charge in [-0.1, -0.05) is 12.1 Å². The fraction of sp³-hybridized carbons (Fsp3) is 0.500. The Morgan fingerprint density at radius 2 is 2.24 bits per heavy atom. The van der Waals surface area contributed by atoms with Crippen LogP contribution in [0, 0.1) is 5.41 Å². The van der Waals surface area contributed by atoms with Crippen molar-refractivity contribution in [3.05, 3.63) is 29.3 Å². The summed E-state index contributed by atoms with van der Waals surface area (Å²) in [5.74, 6) is 0.323. The summed E-state index contributed by atoms with van der Waals surface area (Å²) in [7, 11) is 0. The molecule has 0 bridgehead atoms. The summed E-state index contributed by atoms with van der Waals surface area (Å²) in [6.45, 7) is 0.777. The van der Waals surface area contributed by atoms with Crippen molar-refractivity contribution in [1.82, 2.24) is 0 Å². The second-order valence-corrected chi connectivity index (χ2v) is 5.29. The number of aliphatic carboxylic acids is 1. The lowest BCUT2D eigenvalue weighted by Crippen LogP contribution is -2.11. The number of hydrogen-bond acceptors (Lipinski definition) is 2. The number of fused-ring (bicyclic) bond motifs is 1. The average Bonchev–Trinajstić information content (AvgIpc) is 2.85. The SMILES string of the molecule is O=C(O)CC1(Cc2ccc3c(c2)CCO3)CC1. The summed E-state index contributed by atoms with van der Waals surface area (Å²) in [6, 6.07) is 6.28. The molecule has 0 atom stereocenters. The fourth-order valence-electron chi connectivity index (χ4n) is 2.70. The number of carbonyl (C=O) groups is 1. The quantitative estimate of drug-likeness (QED) is 0.867. The van der Waals surface area contributed by atoms with Crippen molar-refractivity contribution in [2.75, 3.05) is 6.61 Å². The molecule has 3 nitrogen and oxygen atoms in total. The maximum Gasteiger partial charge on any atom is 0.303 e. The lowest BCUT2D eigenvalue weighted by atomic mass is 9.92. The zero-order chi connectivity index (χ0) is 11.9. The molecule has 3 heteroatoms. The van der Waals surface area contributed by atoms with Crippen LogP contribution in [0.25, 0.3) is 0 Å². The van der Waals surface area contributed by atoms with E-state index in [1.807, 2.05) is 6.07 Å². The molecule has 1 saturated carbocycles. The highest BCUT2D eigenvalue weighted by molar-refractivity contribution is 5.68. The molecule has 0 unspecified atom stereocenters. The van der Waals surface area contributed by atoms with Crippen molar-refractivity contribution in [2.24, 2.45) is 5.41 Å². The van der Waals surface area contributed by atoms with Gasteiger partial charge in [-0.25, -0.2) is 0 Å². The van der Waals surface area contributed by atoms with E-state index in [1.54, 1.807) is 0 Å². The van der Waals surface area contributed by atoms with E-state index in [1.165, 1.54) is 11.1 Å². The molecule has 0 saturated heterocycles. The Bertz CT molecular complexity index is 461. The lowest BCUT2D eigenvalue weighted by Gasteiger charge is -2.13. The van der Waals surface area contributed by atoms with Gasteiger partial charge in [0.05, 0.1) is 13.0 Å². The van der Waals surface area contributed by atoms with Gasteiger partial charge in [0, 0.05) is 6.42 Å². The van der Waals surface area contributed by atoms with Crippen LogP contribution in [0.2, 0.25) is 0 Å². The summed E-state index contributed by atoms with van der Waals surface area (Å²) in [5, 5.41) is 8.90. The summed E-state index contributed by atoms with van der Waals surface area (Å²) >= 11 is 0. The Balaban J connectivity index is 1.75. The van der Waals surface area contributed by atoms with Crippen LogP contribution in [0.3, 0.4) is 0 Å². The fourth-order valence-corrected chi connectivity index (χ4v) is 2.70. The molecule has 1 aromatic carbocycles. The molecular formula is C14H16O3. The molecule has 17 heavy (non-hydrogen) atoms. The van der Waals surface area contributed by atoms with Gasteiger partial charge in [-0.05, 0) is 41.9 Å². The molecule has 0 spiro atoms. The van der Waals surface area contributed by atoms with E-state index < -0.39 is 5.97 Å². The number of ether oxygens (including phenoxy) is 1. The van der Waals surface area contributed by atoms with Gasteiger partial charge in [0.2, 0.25) is 0 Å². The van der Waals surface area contributed by atoms with Crippen LogP contribution in [-0.2, 0) is 17.6 Å². The van der Waals surface area contributed by atoms with Gasteiger partial charge in [-0.15, -0.1) is 0 Å². The summed E-state index contributed by atoms with van der Waals surface area (Å²) in [5.41, 5.74) is 2.57. The number of rotatable bonds is 4. The third-order valence-corrected chi connectivity index (χ3v) is 3.82. The van der Waals surface area contributed by atoms with Gasteiger partial charge >= 0.3 is 5.97 Å². The highest BCUT2D eigenvalue weighted by Crippen LogP contribution is 2.51. The zero-order valence-corrected chi connectivity index (χ0v) is 9.74. The number of hydrogen-bond donors (Lipinski definition) is 1. The van der Waals surface area contributed by atoms with E-state index >= 15 is 0 Å². The molecule has 1 aliphatic heterocycles. The molecule has 0 aromatic heterocycles. The highest BCUT2D eigenvalue weighted by atomic mass is 16.5. The van der Waals surface area contributed by atoms with Crippen molar-refractivity contribution in [1.29, 1.82) is 0 Å². The van der Waals surface area contributed by atoms with Crippen LogP contribution in [-0.4, -0.2) is 17.7 Å². The second-order valence-electron chi connectivity index (χ2n) is 5.29. The summed E-state index contributed by atoms with van der Waals surface area (Å²) in [4.78, 5) is 10.8. The van der Waals surface area contributed by atoms with E-state index in [2.05, 4.69) is 12.1 Å². The molecular weight excluding hydrogens is 216 g/mol. The third-order valence-electron chi connectivity index (χ3n) is 3.82. The lowest BCUT2D eigenvalue weighted by molar-refractivity contribution is -0.138. The van der Waals surface area contributed by atoms with Crippen LogP contribution < -0.4 is 4.74 Å². The molecule has 90 valence electrons. The summed E-state index contributed by atoms with van der Waals surface area (Å²) < 4.78 is 5.47. The number of carboxylic acids is 1. The van der Waals surface area contributed by atoms with Gasteiger partial charge in [0.25, 0.3) is 0 Å². The van der Waals surface area contributed by atoms with Crippen molar-refractivity contribution < 1.29 is 14.6 Å². The molecule has 0 amide bonds. The molecule has 1 heterocycles. The van der Waals surface area contributed by atoms with Gasteiger partial charge in [0.15, 0.2) is 0 Å². The molecule has 3 rings (SSSR count). The molecule has 2 aliphatic rings. The topological polar surface area (TPSA) is 46.5 Å². The number of benzene rings is 1. The normalized spacial score (nSPS) is 19.5. The first-order valence-corrected chi connectivity index (χ1v) is 6.13. The predicted molar refractivity (Wildman–Crippen MR) is 63.3 cm³/mol. The van der Waals surface area contributed by atoms with Crippen LogP contribution >= 0.6 is 0 Å². The van der Waals surface area contributed by atoms with Gasteiger partial charge < -0.3 is 9.84 Å². The molecule has 1 aliphatic carbocycles. The Hall–Kier alpha value is -1.51. The van der Waals surface area contributed by atoms with E-state index in [-0.39, 0.29) is 5.41 Å². The van der Waals surface area contributed by atoms with E-state index in [4.69, 9.17) is 9.84 Å². The van der Waals surface area contributed by atoms with Crippen LogP contribution in [0.15, 0.2) is 18.2 Å². The Labute approximate surface area is 100 Å². The first-order chi connectivity index (χ1) is 8.17. The molecule has 1 fully saturated rings. The largest absolute Gasteiger partial charge is 0.493 e. The maximum atomic E-state index is 10.8. The minimum atomic E-state index is -0.674. The number of carboxylic acid groups (broad SMARTS) is 1. The molecule has 0 radical (unpaired) electrons. The average molecular weight is 232 g/mol. The van der Waals surface area contributed by atoms with Gasteiger partial charge in [-0.2, -0.15) is 0 Å². The minimum Gasteiger partial charge on any atom is -0.493 e. The van der Waals surface area contributed by atoms with E-state index in [9.17, 15) is 4.79 Å². The Morgan fingerprint density at radius 1 is 1.41 bits per heavy atom. The third kappa shape index (κ3) is 2.14. The Morgan fingerprint density at radius 3 is 2.94 bits per heavy atom. The summed E-state index contributed by atoms with van der Waals surface area (Å²) in [6.07, 6.45) is 4.28. The highest BCUT2D eigenvalue weighted by Gasteiger charge is 2.44. The van der Waals surface area contributed by atoms with Crippen molar-refractivity contribution >= 4 is 5.97 Å². The molecule has 1 aromatic rings. The molecule has 1 N–H and O–H groups in total. The first-order valence-electron chi connectivity index (χ1n) is 6.13. The van der Waals surface area contributed by atoms with Gasteiger partial charge in [0.1, 0.15) is 5.75 Å². The predicted octanol–water partition coefficient (Wildman–Crippen LogP) is 2.42. The van der Waals surface area contributed by atoms with Crippen LogP contribution in [0.5, 0.6) is 5.75 Å². The van der Waals surface area contributed by atoms with E-state index in [0.717, 1.165) is 38.0 Å². The second kappa shape index (κ2) is 3.76. The van der Waals surface area contributed by atoms with Crippen LogP contribution in [0.4, 0.5) is 0 Å². The Kier molecular flexibility index (Phi) is 2.35. The standard InChI is InChI=1S/C14H16O3/c15-13(16)9-14(4-5-14)8-10-1-2-12-11(7-10)3-6-17-12/h1-2,7H,3-6,8-9H2,(H,15,16). The zero-order valence-electron chi connectivity index (χ0n) is 9.74. The van der Waals surface area contributed by atoms with E-state index in [0.29, 0.717) is 6.42 Å². The van der Waals surface area contributed by atoms with Crippen LogP contribution in [0.1, 0.15) is 30.4 Å². The van der Waals surface area contributed by atoms with Crippen molar-refractivity contribution in [2.45, 2.75) is 32.1 Å². The van der Waals surface area contributed by atoms with Gasteiger partial charge in [-0.3, -0.25) is 4.79 Å². The van der Waals surface area contributed by atoms with Crippen molar-refractivity contribution in [3.63, 3.8) is 0 Å². The smallest absolute Gasteiger partial charge is 0.303 e.